The molecule has 1 aliphatic carbocycles. The number of ether oxygens (including phenoxy) is 1. The first-order chi connectivity index (χ1) is 14.1. The molecular weight excluding hydrogens is 373 g/mol. The fourth-order valence-electron chi connectivity index (χ4n) is 3.87. The second-order valence-corrected chi connectivity index (χ2v) is 7.75. The molecule has 6 nitrogen and oxygen atoms in total. The first kappa shape index (κ1) is 19.5. The Kier molecular flexibility index (Phi) is 5.83. The molecule has 0 radical (unpaired) electrons. The minimum Gasteiger partial charge on any atom is -0.490 e. The molecule has 1 aliphatic heterocycles. The zero-order valence-corrected chi connectivity index (χ0v) is 16.3. The largest absolute Gasteiger partial charge is 0.490 e. The third-order valence-electron chi connectivity index (χ3n) is 5.52. The Morgan fingerprint density at radius 3 is 3.07 bits per heavy atom. The lowest BCUT2D eigenvalue weighted by atomic mass is 10.1. The van der Waals surface area contributed by atoms with Crippen LogP contribution in [0.25, 0.3) is 0 Å². The Morgan fingerprint density at radius 2 is 2.24 bits per heavy atom. The van der Waals surface area contributed by atoms with Crippen molar-refractivity contribution in [2.45, 2.75) is 38.0 Å². The fourth-order valence-corrected chi connectivity index (χ4v) is 3.87. The number of rotatable bonds is 9. The predicted octanol–water partition coefficient (Wildman–Crippen LogP) is 4.04. The van der Waals surface area contributed by atoms with Gasteiger partial charge in [0.15, 0.2) is 11.6 Å². The Labute approximate surface area is 169 Å². The van der Waals surface area contributed by atoms with Gasteiger partial charge < -0.3 is 20.5 Å². The average molecular weight is 399 g/mol. The van der Waals surface area contributed by atoms with E-state index in [0.717, 1.165) is 49.4 Å². The molecule has 2 unspecified atom stereocenters. The van der Waals surface area contributed by atoms with Crippen LogP contribution in [0.15, 0.2) is 30.3 Å². The molecule has 0 spiro atoms. The normalized spacial score (nSPS) is 19.8. The number of carboxylic acid groups (broad SMARTS) is 1. The van der Waals surface area contributed by atoms with Gasteiger partial charge in [-0.2, -0.15) is 0 Å². The molecule has 1 fully saturated rings. The molecule has 0 bridgehead atoms. The van der Waals surface area contributed by atoms with Crippen molar-refractivity contribution in [2.24, 2.45) is 5.92 Å². The van der Waals surface area contributed by atoms with Gasteiger partial charge in [0.1, 0.15) is 11.6 Å². The zero-order chi connectivity index (χ0) is 20.2. The predicted molar refractivity (Wildman–Crippen MR) is 109 cm³/mol. The summed E-state index contributed by atoms with van der Waals surface area (Å²) in [6, 6.07) is 9.05. The van der Waals surface area contributed by atoms with Crippen molar-refractivity contribution < 1.29 is 19.0 Å². The molecule has 2 heterocycles. The van der Waals surface area contributed by atoms with Gasteiger partial charge in [-0.15, -0.1) is 0 Å². The van der Waals surface area contributed by atoms with Gasteiger partial charge in [0.05, 0.1) is 6.61 Å². The third kappa shape index (κ3) is 4.96. The van der Waals surface area contributed by atoms with Crippen molar-refractivity contribution in [3.05, 3.63) is 47.3 Å². The van der Waals surface area contributed by atoms with Crippen LogP contribution in [-0.2, 0) is 11.2 Å². The van der Waals surface area contributed by atoms with Crippen LogP contribution in [0.1, 0.15) is 42.7 Å². The highest BCUT2D eigenvalue weighted by Gasteiger charge is 2.39. The van der Waals surface area contributed by atoms with Crippen LogP contribution < -0.4 is 15.4 Å². The van der Waals surface area contributed by atoms with E-state index in [9.17, 15) is 9.18 Å². The van der Waals surface area contributed by atoms with E-state index >= 15 is 0 Å². The number of benzene rings is 1. The smallest absolute Gasteiger partial charge is 0.303 e. The lowest BCUT2D eigenvalue weighted by Crippen LogP contribution is -2.15. The van der Waals surface area contributed by atoms with Gasteiger partial charge in [0.25, 0.3) is 0 Å². The number of halogens is 1. The molecule has 2 aliphatic rings. The molecule has 1 aromatic heterocycles. The second-order valence-electron chi connectivity index (χ2n) is 7.75. The molecule has 1 saturated carbocycles. The number of anilines is 2. The molecule has 2 aromatic rings. The topological polar surface area (TPSA) is 83.5 Å². The quantitative estimate of drug-likeness (QED) is 0.552. The highest BCUT2D eigenvalue weighted by molar-refractivity contribution is 5.68. The van der Waals surface area contributed by atoms with Crippen LogP contribution in [0, 0.1) is 11.7 Å². The van der Waals surface area contributed by atoms with Crippen molar-refractivity contribution in [3.8, 4) is 5.75 Å². The number of nitrogens with zero attached hydrogens (tertiary/aromatic N) is 1. The molecule has 29 heavy (non-hydrogen) atoms. The summed E-state index contributed by atoms with van der Waals surface area (Å²) >= 11 is 0. The van der Waals surface area contributed by atoms with Crippen LogP contribution in [-0.4, -0.2) is 35.8 Å². The first-order valence-electron chi connectivity index (χ1n) is 10.2. The first-order valence-corrected chi connectivity index (χ1v) is 10.2. The van der Waals surface area contributed by atoms with Crippen molar-refractivity contribution in [1.82, 2.24) is 4.98 Å². The molecule has 4 rings (SSSR count). The Balaban J connectivity index is 1.20. The summed E-state index contributed by atoms with van der Waals surface area (Å²) in [5.74, 6) is 1.11. The van der Waals surface area contributed by atoms with Crippen LogP contribution >= 0.6 is 0 Å². The number of aromatic nitrogens is 1. The third-order valence-corrected chi connectivity index (χ3v) is 5.52. The minimum absolute atomic E-state index is 0.122. The molecule has 0 saturated heterocycles. The standard InChI is InChI=1S/C22H26FN3O3/c23-18-12-15(17-11-16(17)13-21(27)28)4-6-19(18)29-10-2-9-24-20-7-5-14-3-1-8-25-22(14)26-20/h4-7,12,16-17H,1-3,8-11,13H2,(H,27,28)(H2,24,25,26). The summed E-state index contributed by atoms with van der Waals surface area (Å²) in [5.41, 5.74) is 2.11. The van der Waals surface area contributed by atoms with E-state index in [1.807, 2.05) is 12.1 Å². The number of pyridine rings is 1. The minimum atomic E-state index is -0.798. The van der Waals surface area contributed by atoms with E-state index < -0.39 is 5.97 Å². The van der Waals surface area contributed by atoms with Gasteiger partial charge >= 0.3 is 5.97 Å². The average Bonchev–Trinajstić information content (AvgIpc) is 3.47. The summed E-state index contributed by atoms with van der Waals surface area (Å²) in [6.45, 7) is 2.05. The summed E-state index contributed by atoms with van der Waals surface area (Å²) < 4.78 is 19.9. The summed E-state index contributed by atoms with van der Waals surface area (Å²) in [4.78, 5) is 15.3. The summed E-state index contributed by atoms with van der Waals surface area (Å²) in [6.07, 6.45) is 3.88. The van der Waals surface area contributed by atoms with Crippen molar-refractivity contribution >= 4 is 17.6 Å². The maximum Gasteiger partial charge on any atom is 0.303 e. The number of hydrogen-bond acceptors (Lipinski definition) is 5. The van der Waals surface area contributed by atoms with E-state index in [2.05, 4.69) is 21.7 Å². The second kappa shape index (κ2) is 8.68. The molecule has 7 heteroatoms. The van der Waals surface area contributed by atoms with Crippen molar-refractivity contribution in [3.63, 3.8) is 0 Å². The fraction of sp³-hybridized carbons (Fsp3) is 0.455. The van der Waals surface area contributed by atoms with Gasteiger partial charge in [0, 0.05) is 19.5 Å². The Bertz CT molecular complexity index is 890. The van der Waals surface area contributed by atoms with Crippen LogP contribution in [0.5, 0.6) is 5.75 Å². The molecule has 1 aromatic carbocycles. The maximum absolute atomic E-state index is 14.3. The maximum atomic E-state index is 14.3. The number of carboxylic acids is 1. The number of nitrogens with one attached hydrogen (secondary N) is 2. The highest BCUT2D eigenvalue weighted by Crippen LogP contribution is 2.50. The van der Waals surface area contributed by atoms with Crippen LogP contribution in [0.4, 0.5) is 16.0 Å². The number of aliphatic carboxylic acids is 1. The molecular formula is C22H26FN3O3. The Morgan fingerprint density at radius 1 is 1.34 bits per heavy atom. The molecule has 3 N–H and O–H groups in total. The highest BCUT2D eigenvalue weighted by atomic mass is 19.1. The van der Waals surface area contributed by atoms with Gasteiger partial charge in [-0.25, -0.2) is 9.37 Å². The number of fused-ring (bicyclic) bond motifs is 1. The molecule has 154 valence electrons. The SMILES string of the molecule is O=C(O)CC1CC1c1ccc(OCCCNc2ccc3c(n2)NCCC3)c(F)c1. The monoisotopic (exact) mass is 399 g/mol. The van der Waals surface area contributed by atoms with E-state index in [0.29, 0.717) is 13.2 Å². The van der Waals surface area contributed by atoms with E-state index in [1.165, 1.54) is 11.6 Å². The summed E-state index contributed by atoms with van der Waals surface area (Å²) in [7, 11) is 0. The van der Waals surface area contributed by atoms with E-state index in [1.54, 1.807) is 6.07 Å². The van der Waals surface area contributed by atoms with Crippen molar-refractivity contribution in [2.75, 3.05) is 30.3 Å². The van der Waals surface area contributed by atoms with Crippen LogP contribution in [0.2, 0.25) is 0 Å². The lowest BCUT2D eigenvalue weighted by Gasteiger charge is -2.17. The van der Waals surface area contributed by atoms with Crippen LogP contribution in [0.3, 0.4) is 0 Å². The molecule has 2 atom stereocenters. The number of aryl methyl sites for hydroxylation is 1. The lowest BCUT2D eigenvalue weighted by molar-refractivity contribution is -0.137. The van der Waals surface area contributed by atoms with Gasteiger partial charge in [-0.1, -0.05) is 12.1 Å². The van der Waals surface area contributed by atoms with Gasteiger partial charge in [-0.05, 0) is 66.8 Å². The Hall–Kier alpha value is -2.83. The number of carbonyl (C=O) groups is 1. The number of hydrogen-bond donors (Lipinski definition) is 3. The van der Waals surface area contributed by atoms with Gasteiger partial charge in [-0.3, -0.25) is 4.79 Å². The molecule has 0 amide bonds. The zero-order valence-electron chi connectivity index (χ0n) is 16.3. The summed E-state index contributed by atoms with van der Waals surface area (Å²) in [5, 5.41) is 15.4. The van der Waals surface area contributed by atoms with Gasteiger partial charge in [0.2, 0.25) is 0 Å². The van der Waals surface area contributed by atoms with E-state index in [4.69, 9.17) is 9.84 Å². The van der Waals surface area contributed by atoms with E-state index in [-0.39, 0.29) is 29.8 Å². The van der Waals surface area contributed by atoms with Crippen molar-refractivity contribution in [1.29, 1.82) is 0 Å².